The number of nitrogens with zero attached hydrogens (tertiary/aromatic N) is 1. The Kier molecular flexibility index (Phi) is 3.56. The molecule has 0 bridgehead atoms. The smallest absolute Gasteiger partial charge is 0.337 e. The van der Waals surface area contributed by atoms with E-state index in [1.54, 1.807) is 0 Å². The number of hydrogen-bond acceptors (Lipinski definition) is 5. The predicted octanol–water partition coefficient (Wildman–Crippen LogP) is 2.22. The molecule has 0 spiro atoms. The summed E-state index contributed by atoms with van der Waals surface area (Å²) in [5.74, 6) is 0.0759. The van der Waals surface area contributed by atoms with Crippen LogP contribution in [0.4, 0.5) is 5.69 Å². The maximum Gasteiger partial charge on any atom is 0.337 e. The lowest BCUT2D eigenvalue weighted by atomic mass is 9.94. The minimum absolute atomic E-state index is 0.0296. The van der Waals surface area contributed by atoms with Gasteiger partial charge in [0.05, 0.1) is 22.9 Å². The van der Waals surface area contributed by atoms with E-state index in [0.717, 1.165) is 18.4 Å². The molecule has 4 rings (SSSR count). The molecule has 1 aromatic carbocycles. The molecule has 0 saturated heterocycles. The Hall–Kier alpha value is -3.09. The lowest BCUT2D eigenvalue weighted by Crippen LogP contribution is -2.28. The number of ether oxygens (including phenoxy) is 2. The van der Waals surface area contributed by atoms with Gasteiger partial charge in [0.2, 0.25) is 5.91 Å². The van der Waals surface area contributed by atoms with E-state index in [0.29, 0.717) is 30.4 Å². The third-order valence-electron chi connectivity index (χ3n) is 4.52. The summed E-state index contributed by atoms with van der Waals surface area (Å²) < 4.78 is 11.1. The Morgan fingerprint density at radius 1 is 1.08 bits per heavy atom. The highest BCUT2D eigenvalue weighted by Gasteiger charge is 2.51. The van der Waals surface area contributed by atoms with Crippen LogP contribution in [-0.4, -0.2) is 35.2 Å². The zero-order valence-electron chi connectivity index (χ0n) is 13.3. The molecule has 128 valence electrons. The average Bonchev–Trinajstić information content (AvgIpc) is 3.43. The molecule has 0 atom stereocenters. The third-order valence-corrected chi connectivity index (χ3v) is 4.52. The monoisotopic (exact) mass is 340 g/mol. The van der Waals surface area contributed by atoms with Gasteiger partial charge < -0.3 is 19.9 Å². The van der Waals surface area contributed by atoms with Gasteiger partial charge in [-0.1, -0.05) is 6.07 Å². The van der Waals surface area contributed by atoms with E-state index in [2.05, 4.69) is 10.3 Å². The van der Waals surface area contributed by atoms with E-state index in [1.165, 1.54) is 18.5 Å². The molecule has 2 aliphatic rings. The molecule has 25 heavy (non-hydrogen) atoms. The molecule has 1 saturated carbocycles. The van der Waals surface area contributed by atoms with Gasteiger partial charge in [-0.05, 0) is 36.6 Å². The molecule has 7 nitrogen and oxygen atoms in total. The fourth-order valence-electron chi connectivity index (χ4n) is 2.99. The number of carboxylic acid groups (broad SMARTS) is 1. The number of aromatic carboxylic acids is 1. The molecule has 0 unspecified atom stereocenters. The van der Waals surface area contributed by atoms with Gasteiger partial charge in [-0.15, -0.1) is 0 Å². The molecule has 0 radical (unpaired) electrons. The number of rotatable bonds is 4. The predicted molar refractivity (Wildman–Crippen MR) is 88.2 cm³/mol. The number of aromatic nitrogens is 1. The maximum absolute atomic E-state index is 12.8. The van der Waals surface area contributed by atoms with Crippen LogP contribution in [0.2, 0.25) is 0 Å². The third kappa shape index (κ3) is 2.77. The van der Waals surface area contributed by atoms with Crippen molar-refractivity contribution in [3.63, 3.8) is 0 Å². The number of benzene rings is 1. The quantitative estimate of drug-likeness (QED) is 0.886. The van der Waals surface area contributed by atoms with Gasteiger partial charge >= 0.3 is 5.97 Å². The SMILES string of the molecule is O=C(O)c1cncc(NC(=O)C2(c3ccc4c(c3)OCCO4)CC2)c1. The van der Waals surface area contributed by atoms with E-state index in [4.69, 9.17) is 14.6 Å². The molecule has 1 amide bonds. The first kappa shape index (κ1) is 15.4. The van der Waals surface area contributed by atoms with Gasteiger partial charge in [0, 0.05) is 6.20 Å². The van der Waals surface area contributed by atoms with Gasteiger partial charge in [0.1, 0.15) is 13.2 Å². The molecule has 2 aromatic rings. The van der Waals surface area contributed by atoms with Crippen molar-refractivity contribution in [3.05, 3.63) is 47.8 Å². The van der Waals surface area contributed by atoms with Crippen molar-refractivity contribution >= 4 is 17.6 Å². The van der Waals surface area contributed by atoms with Crippen LogP contribution < -0.4 is 14.8 Å². The van der Waals surface area contributed by atoms with Crippen LogP contribution in [0, 0.1) is 0 Å². The lowest BCUT2D eigenvalue weighted by molar-refractivity contribution is -0.118. The van der Waals surface area contributed by atoms with E-state index in [-0.39, 0.29) is 11.5 Å². The van der Waals surface area contributed by atoms with Gasteiger partial charge in [-0.2, -0.15) is 0 Å². The minimum Gasteiger partial charge on any atom is -0.486 e. The highest BCUT2D eigenvalue weighted by atomic mass is 16.6. The number of anilines is 1. The molecule has 1 aliphatic carbocycles. The summed E-state index contributed by atoms with van der Waals surface area (Å²) in [7, 11) is 0. The minimum atomic E-state index is -1.09. The van der Waals surface area contributed by atoms with Crippen molar-refractivity contribution in [1.29, 1.82) is 0 Å². The van der Waals surface area contributed by atoms with Crippen LogP contribution in [-0.2, 0) is 10.2 Å². The topological polar surface area (TPSA) is 97.8 Å². The molecule has 2 N–H and O–H groups in total. The first-order valence-corrected chi connectivity index (χ1v) is 7.98. The number of amides is 1. The van der Waals surface area contributed by atoms with E-state index >= 15 is 0 Å². The largest absolute Gasteiger partial charge is 0.486 e. The number of fused-ring (bicyclic) bond motifs is 1. The van der Waals surface area contributed by atoms with Gasteiger partial charge in [-0.3, -0.25) is 9.78 Å². The second kappa shape index (κ2) is 5.77. The molecule has 2 heterocycles. The highest BCUT2D eigenvalue weighted by molar-refractivity contribution is 6.02. The van der Waals surface area contributed by atoms with Crippen molar-refractivity contribution in [2.45, 2.75) is 18.3 Å². The fourth-order valence-corrected chi connectivity index (χ4v) is 2.99. The van der Waals surface area contributed by atoms with Crippen molar-refractivity contribution in [1.82, 2.24) is 4.98 Å². The number of pyridine rings is 1. The molecular formula is C18H16N2O5. The van der Waals surface area contributed by atoms with Crippen LogP contribution in [0.5, 0.6) is 11.5 Å². The van der Waals surface area contributed by atoms with Crippen molar-refractivity contribution in [2.75, 3.05) is 18.5 Å². The summed E-state index contributed by atoms with van der Waals surface area (Å²) in [5, 5.41) is 11.8. The molecule has 7 heteroatoms. The molecular weight excluding hydrogens is 324 g/mol. The van der Waals surface area contributed by atoms with Crippen molar-refractivity contribution in [3.8, 4) is 11.5 Å². The second-order valence-corrected chi connectivity index (χ2v) is 6.16. The van der Waals surface area contributed by atoms with E-state index < -0.39 is 11.4 Å². The number of carboxylic acids is 1. The summed E-state index contributed by atoms with van der Waals surface area (Å²) in [4.78, 5) is 27.7. The summed E-state index contributed by atoms with van der Waals surface area (Å²) in [6.07, 6.45) is 4.13. The van der Waals surface area contributed by atoms with Crippen molar-refractivity contribution in [2.24, 2.45) is 0 Å². The summed E-state index contributed by atoms with van der Waals surface area (Å²) in [6, 6.07) is 6.95. The molecule has 1 fully saturated rings. The Labute approximate surface area is 143 Å². The second-order valence-electron chi connectivity index (χ2n) is 6.16. The zero-order chi connectivity index (χ0) is 17.4. The number of hydrogen-bond donors (Lipinski definition) is 2. The maximum atomic E-state index is 12.8. The van der Waals surface area contributed by atoms with E-state index in [9.17, 15) is 9.59 Å². The first-order chi connectivity index (χ1) is 12.1. The summed E-state index contributed by atoms with van der Waals surface area (Å²) >= 11 is 0. The summed E-state index contributed by atoms with van der Waals surface area (Å²) in [6.45, 7) is 1.01. The fraction of sp³-hybridized carbons (Fsp3) is 0.278. The van der Waals surface area contributed by atoms with Crippen LogP contribution in [0.3, 0.4) is 0 Å². The average molecular weight is 340 g/mol. The van der Waals surface area contributed by atoms with Gasteiger partial charge in [-0.25, -0.2) is 4.79 Å². The molecule has 1 aromatic heterocycles. The Balaban J connectivity index is 1.57. The van der Waals surface area contributed by atoms with Crippen LogP contribution in [0.1, 0.15) is 28.8 Å². The number of carbonyl (C=O) groups excluding carboxylic acids is 1. The summed E-state index contributed by atoms with van der Waals surface area (Å²) in [5.41, 5.74) is 0.655. The molecule has 1 aliphatic heterocycles. The Bertz CT molecular complexity index is 860. The first-order valence-electron chi connectivity index (χ1n) is 7.98. The highest BCUT2D eigenvalue weighted by Crippen LogP contribution is 2.50. The van der Waals surface area contributed by atoms with Crippen LogP contribution >= 0.6 is 0 Å². The number of nitrogens with one attached hydrogen (secondary N) is 1. The zero-order valence-corrected chi connectivity index (χ0v) is 13.3. The van der Waals surface area contributed by atoms with Crippen LogP contribution in [0.25, 0.3) is 0 Å². The van der Waals surface area contributed by atoms with Gasteiger partial charge in [0.25, 0.3) is 0 Å². The Morgan fingerprint density at radius 2 is 1.84 bits per heavy atom. The van der Waals surface area contributed by atoms with E-state index in [1.807, 2.05) is 18.2 Å². The van der Waals surface area contributed by atoms with Crippen LogP contribution in [0.15, 0.2) is 36.7 Å². The number of carbonyl (C=O) groups is 2. The Morgan fingerprint density at radius 3 is 2.56 bits per heavy atom. The standard InChI is InChI=1S/C18H16N2O5/c21-16(22)11-7-13(10-19-9-11)20-17(23)18(3-4-18)12-1-2-14-15(8-12)25-6-5-24-14/h1-2,7-10H,3-6H2,(H,20,23)(H,21,22). The van der Waals surface area contributed by atoms with Gasteiger partial charge in [0.15, 0.2) is 11.5 Å². The lowest BCUT2D eigenvalue weighted by Gasteiger charge is -2.21. The normalized spacial score (nSPS) is 16.8. The van der Waals surface area contributed by atoms with Crippen molar-refractivity contribution < 1.29 is 24.2 Å².